The van der Waals surface area contributed by atoms with Crippen molar-refractivity contribution < 1.29 is 13.9 Å². The quantitative estimate of drug-likeness (QED) is 0.829. The molecule has 2 rings (SSSR count). The van der Waals surface area contributed by atoms with Gasteiger partial charge in [-0.15, -0.1) is 11.3 Å². The van der Waals surface area contributed by atoms with E-state index in [0.717, 1.165) is 8.66 Å². The summed E-state index contributed by atoms with van der Waals surface area (Å²) in [6.07, 6.45) is 0. The van der Waals surface area contributed by atoms with E-state index < -0.39 is 5.82 Å². The van der Waals surface area contributed by atoms with Gasteiger partial charge in [-0.05, 0) is 46.3 Å². The van der Waals surface area contributed by atoms with Gasteiger partial charge >= 0.3 is 0 Å². The van der Waals surface area contributed by atoms with E-state index in [9.17, 15) is 9.18 Å². The zero-order valence-electron chi connectivity index (χ0n) is 11.0. The Hall–Kier alpha value is -1.40. The number of amides is 1. The number of carbonyl (C=O) groups excluding carboxylic acids is 1. The van der Waals surface area contributed by atoms with Crippen LogP contribution >= 0.6 is 27.3 Å². The van der Waals surface area contributed by atoms with Crippen molar-refractivity contribution in [3.05, 3.63) is 50.4 Å². The molecular formula is C14H13BrFNO2S. The summed E-state index contributed by atoms with van der Waals surface area (Å²) in [4.78, 5) is 14.9. The fourth-order valence-electron chi connectivity index (χ4n) is 1.80. The number of ether oxygens (including phenoxy) is 1. The molecule has 0 fully saturated rings. The Bertz CT molecular complexity index is 629. The number of nitrogens with zero attached hydrogens (tertiary/aromatic N) is 1. The second kappa shape index (κ2) is 6.37. The van der Waals surface area contributed by atoms with Crippen molar-refractivity contribution in [1.29, 1.82) is 0 Å². The van der Waals surface area contributed by atoms with Crippen LogP contribution in [-0.4, -0.2) is 25.0 Å². The average Bonchev–Trinajstić information content (AvgIpc) is 2.83. The number of carbonyl (C=O) groups is 1. The van der Waals surface area contributed by atoms with Crippen molar-refractivity contribution >= 4 is 33.2 Å². The van der Waals surface area contributed by atoms with Crippen LogP contribution in [0.2, 0.25) is 0 Å². The largest absolute Gasteiger partial charge is 0.496 e. The third-order valence-electron chi connectivity index (χ3n) is 2.76. The van der Waals surface area contributed by atoms with Crippen molar-refractivity contribution in [2.24, 2.45) is 0 Å². The van der Waals surface area contributed by atoms with Gasteiger partial charge in [0, 0.05) is 11.9 Å². The fourth-order valence-corrected chi connectivity index (χ4v) is 3.33. The predicted molar refractivity (Wildman–Crippen MR) is 80.8 cm³/mol. The van der Waals surface area contributed by atoms with Crippen LogP contribution in [0.1, 0.15) is 15.2 Å². The number of methoxy groups -OCH3 is 1. The van der Waals surface area contributed by atoms with Gasteiger partial charge in [0.05, 0.1) is 23.0 Å². The van der Waals surface area contributed by atoms with E-state index in [0.29, 0.717) is 12.3 Å². The molecule has 106 valence electrons. The number of halogens is 2. The van der Waals surface area contributed by atoms with Gasteiger partial charge in [0.2, 0.25) is 0 Å². The zero-order valence-corrected chi connectivity index (χ0v) is 13.4. The van der Waals surface area contributed by atoms with Gasteiger partial charge < -0.3 is 9.64 Å². The third-order valence-corrected chi connectivity index (χ3v) is 4.37. The van der Waals surface area contributed by atoms with Crippen LogP contribution in [-0.2, 0) is 6.54 Å². The van der Waals surface area contributed by atoms with Crippen LogP contribution in [0, 0.1) is 5.82 Å². The van der Waals surface area contributed by atoms with E-state index in [1.54, 1.807) is 18.4 Å². The summed E-state index contributed by atoms with van der Waals surface area (Å²) in [5, 5.41) is 0. The Balaban J connectivity index is 2.20. The summed E-state index contributed by atoms with van der Waals surface area (Å²) in [6, 6.07) is 7.80. The number of hydrogen-bond acceptors (Lipinski definition) is 3. The molecule has 0 aliphatic rings. The highest BCUT2D eigenvalue weighted by atomic mass is 79.9. The Morgan fingerprint density at radius 3 is 2.75 bits per heavy atom. The van der Waals surface area contributed by atoms with Crippen LogP contribution in [0.5, 0.6) is 5.75 Å². The fraction of sp³-hybridized carbons (Fsp3) is 0.214. The van der Waals surface area contributed by atoms with Crippen molar-refractivity contribution in [1.82, 2.24) is 4.90 Å². The van der Waals surface area contributed by atoms with Gasteiger partial charge in [-0.1, -0.05) is 0 Å². The molecule has 0 saturated carbocycles. The van der Waals surface area contributed by atoms with E-state index in [2.05, 4.69) is 15.9 Å². The van der Waals surface area contributed by atoms with Gasteiger partial charge in [-0.2, -0.15) is 0 Å². The van der Waals surface area contributed by atoms with Crippen LogP contribution in [0.3, 0.4) is 0 Å². The summed E-state index contributed by atoms with van der Waals surface area (Å²) in [5.74, 6) is -0.358. The van der Waals surface area contributed by atoms with Crippen LogP contribution < -0.4 is 4.74 Å². The Morgan fingerprint density at radius 2 is 2.15 bits per heavy atom. The lowest BCUT2D eigenvalue weighted by Gasteiger charge is -2.18. The van der Waals surface area contributed by atoms with Crippen molar-refractivity contribution in [2.75, 3.05) is 14.2 Å². The molecule has 0 spiro atoms. The number of rotatable bonds is 4. The van der Waals surface area contributed by atoms with E-state index in [4.69, 9.17) is 4.74 Å². The van der Waals surface area contributed by atoms with Crippen molar-refractivity contribution in [3.63, 3.8) is 0 Å². The van der Waals surface area contributed by atoms with E-state index in [-0.39, 0.29) is 11.5 Å². The smallest absolute Gasteiger partial charge is 0.257 e. The third kappa shape index (κ3) is 3.37. The second-order valence-electron chi connectivity index (χ2n) is 4.21. The molecule has 0 saturated heterocycles. The summed E-state index contributed by atoms with van der Waals surface area (Å²) < 4.78 is 19.4. The standard InChI is InChI=1S/C14H13BrFNO2S/c1-17(8-10-4-6-13(15)20-10)14(18)11-7-9(16)3-5-12(11)19-2/h3-7H,8H2,1-2H3. The first-order chi connectivity index (χ1) is 9.51. The molecule has 0 radical (unpaired) electrons. The van der Waals surface area contributed by atoms with Crippen molar-refractivity contribution in [2.45, 2.75) is 6.54 Å². The lowest BCUT2D eigenvalue weighted by Crippen LogP contribution is -2.26. The minimum absolute atomic E-state index is 0.227. The summed E-state index contributed by atoms with van der Waals surface area (Å²) in [6.45, 7) is 0.467. The van der Waals surface area contributed by atoms with Gasteiger partial charge in [0.1, 0.15) is 11.6 Å². The maximum Gasteiger partial charge on any atom is 0.257 e. The van der Waals surface area contributed by atoms with Crippen LogP contribution in [0.25, 0.3) is 0 Å². The van der Waals surface area contributed by atoms with E-state index in [1.807, 2.05) is 12.1 Å². The van der Waals surface area contributed by atoms with Crippen LogP contribution in [0.15, 0.2) is 34.1 Å². The number of benzene rings is 1. The molecule has 1 amide bonds. The summed E-state index contributed by atoms with van der Waals surface area (Å²) in [7, 11) is 3.14. The normalized spacial score (nSPS) is 10.4. The molecule has 0 bridgehead atoms. The number of hydrogen-bond donors (Lipinski definition) is 0. The highest BCUT2D eigenvalue weighted by molar-refractivity contribution is 9.11. The molecule has 2 aromatic rings. The second-order valence-corrected chi connectivity index (χ2v) is 6.76. The molecule has 1 aromatic heterocycles. The molecule has 0 atom stereocenters. The maximum atomic E-state index is 13.3. The van der Waals surface area contributed by atoms with Gasteiger partial charge in [-0.25, -0.2) is 4.39 Å². The highest BCUT2D eigenvalue weighted by Crippen LogP contribution is 2.25. The first-order valence-corrected chi connectivity index (χ1v) is 7.45. The summed E-state index contributed by atoms with van der Waals surface area (Å²) in [5.41, 5.74) is 0.227. The lowest BCUT2D eigenvalue weighted by molar-refractivity contribution is 0.0782. The molecule has 6 heteroatoms. The zero-order chi connectivity index (χ0) is 14.7. The molecule has 1 aromatic carbocycles. The van der Waals surface area contributed by atoms with E-state index >= 15 is 0 Å². The Kier molecular flexibility index (Phi) is 4.77. The van der Waals surface area contributed by atoms with Crippen molar-refractivity contribution in [3.8, 4) is 5.75 Å². The molecule has 0 aliphatic carbocycles. The predicted octanol–water partition coefficient (Wildman–Crippen LogP) is 3.93. The highest BCUT2D eigenvalue weighted by Gasteiger charge is 2.18. The van der Waals surface area contributed by atoms with Gasteiger partial charge in [0.15, 0.2) is 0 Å². The maximum absolute atomic E-state index is 13.3. The molecule has 0 unspecified atom stereocenters. The topological polar surface area (TPSA) is 29.5 Å². The molecule has 1 heterocycles. The molecular weight excluding hydrogens is 345 g/mol. The SMILES string of the molecule is COc1ccc(F)cc1C(=O)N(C)Cc1ccc(Br)s1. The molecule has 3 nitrogen and oxygen atoms in total. The summed E-state index contributed by atoms with van der Waals surface area (Å²) >= 11 is 4.94. The van der Waals surface area contributed by atoms with Gasteiger partial charge in [-0.3, -0.25) is 4.79 Å². The molecule has 0 N–H and O–H groups in total. The first-order valence-electron chi connectivity index (χ1n) is 5.84. The minimum Gasteiger partial charge on any atom is -0.496 e. The van der Waals surface area contributed by atoms with Crippen LogP contribution in [0.4, 0.5) is 4.39 Å². The van der Waals surface area contributed by atoms with Gasteiger partial charge in [0.25, 0.3) is 5.91 Å². The number of thiophene rings is 1. The van der Waals surface area contributed by atoms with E-state index in [1.165, 1.54) is 30.2 Å². The lowest BCUT2D eigenvalue weighted by atomic mass is 10.1. The monoisotopic (exact) mass is 357 g/mol. The molecule has 20 heavy (non-hydrogen) atoms. The Morgan fingerprint density at radius 1 is 1.40 bits per heavy atom. The Labute approximate surface area is 129 Å². The average molecular weight is 358 g/mol. The first kappa shape index (κ1) is 15.0. The minimum atomic E-state index is -0.457. The molecule has 0 aliphatic heterocycles.